The molecule has 6 heteroatoms. The van der Waals surface area contributed by atoms with Crippen molar-refractivity contribution in [3.05, 3.63) is 4.91 Å². The van der Waals surface area contributed by atoms with E-state index in [0.717, 1.165) is 0 Å². The van der Waals surface area contributed by atoms with E-state index in [2.05, 4.69) is 10.3 Å². The van der Waals surface area contributed by atoms with Crippen LogP contribution >= 0.6 is 0 Å². The lowest BCUT2D eigenvalue weighted by Crippen LogP contribution is -2.24. The molecule has 0 aliphatic rings. The number of rotatable bonds is 5. The molecule has 0 aliphatic carbocycles. The summed E-state index contributed by atoms with van der Waals surface area (Å²) in [6, 6.07) is -0.629. The molecule has 0 spiro atoms. The number of isocyanates is 1. The highest BCUT2D eigenvalue weighted by molar-refractivity contribution is 5.33. The van der Waals surface area contributed by atoms with Gasteiger partial charge in [-0.05, 0) is 0 Å². The molecule has 0 amide bonds. The fourth-order valence-corrected chi connectivity index (χ4v) is 0.368. The number of hydrogen-bond acceptors (Lipinski definition) is 5. The van der Waals surface area contributed by atoms with Crippen LogP contribution in [0, 0.1) is 4.91 Å². The molecule has 0 aromatic rings. The van der Waals surface area contributed by atoms with Crippen molar-refractivity contribution in [1.82, 2.24) is 5.43 Å². The van der Waals surface area contributed by atoms with Crippen LogP contribution in [-0.4, -0.2) is 30.4 Å². The Bertz CT molecular complexity index is 143. The molecule has 0 aromatic heterocycles. The first kappa shape index (κ1) is 8.74. The van der Waals surface area contributed by atoms with Gasteiger partial charge in [-0.15, -0.1) is 4.91 Å². The molecule has 1 atom stereocenters. The molecular weight excluding hydrogens is 138 g/mol. The van der Waals surface area contributed by atoms with Crippen LogP contribution in [-0.2, 0) is 4.79 Å². The van der Waals surface area contributed by atoms with Gasteiger partial charge in [-0.25, -0.2) is 4.79 Å². The van der Waals surface area contributed by atoms with Crippen LogP contribution in [0.3, 0.4) is 0 Å². The Hall–Kier alpha value is -1.26. The summed E-state index contributed by atoms with van der Waals surface area (Å²) >= 11 is 0. The zero-order chi connectivity index (χ0) is 7.82. The molecule has 0 radical (unpaired) electrons. The zero-order valence-electron chi connectivity index (χ0n) is 5.15. The molecule has 0 aromatic carbocycles. The fraction of sp³-hybridized carbons (Fsp3) is 0.750. The zero-order valence-corrected chi connectivity index (χ0v) is 5.15. The van der Waals surface area contributed by atoms with Crippen LogP contribution in [0.1, 0.15) is 0 Å². The van der Waals surface area contributed by atoms with Gasteiger partial charge in [0.25, 0.3) is 0 Å². The molecule has 1 unspecified atom stereocenters. The number of aliphatic imine (C=N–C) groups is 1. The number of aliphatic hydroxyl groups excluding tert-OH is 1. The van der Waals surface area contributed by atoms with E-state index in [1.165, 1.54) is 6.08 Å². The average Bonchev–Trinajstić information content (AvgIpc) is 1.98. The highest BCUT2D eigenvalue weighted by Crippen LogP contribution is 1.84. The number of nitrogens with one attached hydrogen (secondary N) is 1. The first-order valence-corrected chi connectivity index (χ1v) is 2.58. The van der Waals surface area contributed by atoms with Gasteiger partial charge in [0.05, 0.1) is 13.2 Å². The lowest BCUT2D eigenvalue weighted by Gasteiger charge is -2.02. The molecule has 10 heavy (non-hydrogen) atoms. The third kappa shape index (κ3) is 3.71. The van der Waals surface area contributed by atoms with Crippen LogP contribution in [0.5, 0.6) is 0 Å². The van der Waals surface area contributed by atoms with Crippen LogP contribution in [0.2, 0.25) is 0 Å². The van der Waals surface area contributed by atoms with E-state index in [1.807, 2.05) is 5.43 Å². The Morgan fingerprint density at radius 1 is 1.70 bits per heavy atom. The molecule has 0 fully saturated rings. The second kappa shape index (κ2) is 5.87. The molecule has 0 heterocycles. The number of nitrogens with zero attached hydrogens (tertiary/aromatic N) is 2. The quantitative estimate of drug-likeness (QED) is 0.223. The maximum atomic E-state index is 9.60. The number of carbonyl (C=O) groups excluding carboxylic acids is 1. The number of hydrogen-bond donors (Lipinski definition) is 2. The summed E-state index contributed by atoms with van der Waals surface area (Å²) in [4.78, 5) is 22.2. The first-order valence-electron chi connectivity index (χ1n) is 2.58. The van der Waals surface area contributed by atoms with Crippen LogP contribution in [0.25, 0.3) is 0 Å². The van der Waals surface area contributed by atoms with Crippen molar-refractivity contribution < 1.29 is 9.90 Å². The highest BCUT2D eigenvalue weighted by Gasteiger charge is 2.02. The van der Waals surface area contributed by atoms with Gasteiger partial charge >= 0.3 is 0 Å². The lowest BCUT2D eigenvalue weighted by molar-refractivity contribution is 0.263. The molecule has 6 nitrogen and oxygen atoms in total. The largest absolute Gasteiger partial charge is 0.394 e. The maximum absolute atomic E-state index is 9.60. The highest BCUT2D eigenvalue weighted by atomic mass is 16.3. The Kier molecular flexibility index (Phi) is 5.13. The maximum Gasteiger partial charge on any atom is 0.235 e. The van der Waals surface area contributed by atoms with Crippen molar-refractivity contribution >= 4 is 6.08 Å². The molecule has 0 saturated heterocycles. The van der Waals surface area contributed by atoms with Gasteiger partial charge < -0.3 is 5.11 Å². The van der Waals surface area contributed by atoms with Crippen molar-refractivity contribution in [3.8, 4) is 0 Å². The van der Waals surface area contributed by atoms with Gasteiger partial charge in [-0.3, -0.25) is 5.43 Å². The second-order valence-corrected chi connectivity index (χ2v) is 1.51. The summed E-state index contributed by atoms with van der Waals surface area (Å²) in [5.74, 6) is 0. The summed E-state index contributed by atoms with van der Waals surface area (Å²) in [6.45, 7) is -0.257. The van der Waals surface area contributed by atoms with E-state index in [9.17, 15) is 9.70 Å². The van der Waals surface area contributed by atoms with E-state index in [-0.39, 0.29) is 13.2 Å². The van der Waals surface area contributed by atoms with Gasteiger partial charge in [-0.1, -0.05) is 0 Å². The summed E-state index contributed by atoms with van der Waals surface area (Å²) < 4.78 is 0. The smallest absolute Gasteiger partial charge is 0.235 e. The van der Waals surface area contributed by atoms with Crippen LogP contribution < -0.4 is 5.43 Å². The van der Waals surface area contributed by atoms with E-state index in [1.54, 1.807) is 0 Å². The van der Waals surface area contributed by atoms with Crippen molar-refractivity contribution in [2.45, 2.75) is 6.04 Å². The Balaban J connectivity index is 3.59. The third-order valence-corrected chi connectivity index (χ3v) is 0.837. The van der Waals surface area contributed by atoms with E-state index in [4.69, 9.17) is 5.11 Å². The van der Waals surface area contributed by atoms with Gasteiger partial charge in [0.1, 0.15) is 6.04 Å². The predicted molar refractivity (Wildman–Crippen MR) is 32.8 cm³/mol. The molecule has 56 valence electrons. The Morgan fingerprint density at radius 3 is 2.80 bits per heavy atom. The molecular formula is C4H7N3O3. The SMILES string of the molecule is O=C=NC(CO)CNN=O. The molecule has 2 N–H and O–H groups in total. The average molecular weight is 145 g/mol. The van der Waals surface area contributed by atoms with E-state index >= 15 is 0 Å². The minimum atomic E-state index is -0.629. The fourth-order valence-electron chi connectivity index (χ4n) is 0.368. The topological polar surface area (TPSA) is 91.1 Å². The summed E-state index contributed by atoms with van der Waals surface area (Å²) in [5.41, 5.74) is 2.02. The molecule has 0 bridgehead atoms. The number of nitroso groups, excluding NO2 is 1. The van der Waals surface area contributed by atoms with Crippen LogP contribution in [0.4, 0.5) is 0 Å². The summed E-state index contributed by atoms with van der Waals surface area (Å²) in [5, 5.41) is 10.7. The summed E-state index contributed by atoms with van der Waals surface area (Å²) in [7, 11) is 0. The first-order chi connectivity index (χ1) is 4.85. The van der Waals surface area contributed by atoms with Crippen molar-refractivity contribution in [2.75, 3.05) is 13.2 Å². The lowest BCUT2D eigenvalue weighted by atomic mass is 10.3. The van der Waals surface area contributed by atoms with Crippen molar-refractivity contribution in [3.63, 3.8) is 0 Å². The Morgan fingerprint density at radius 2 is 2.40 bits per heavy atom. The monoisotopic (exact) mass is 145 g/mol. The molecule has 0 aliphatic heterocycles. The normalized spacial score (nSPS) is 11.3. The van der Waals surface area contributed by atoms with E-state index < -0.39 is 6.04 Å². The number of aliphatic hydroxyl groups is 1. The minimum Gasteiger partial charge on any atom is -0.394 e. The van der Waals surface area contributed by atoms with Gasteiger partial charge in [0, 0.05) is 5.29 Å². The van der Waals surface area contributed by atoms with E-state index in [0.29, 0.717) is 0 Å². The van der Waals surface area contributed by atoms with Crippen molar-refractivity contribution in [1.29, 1.82) is 0 Å². The van der Waals surface area contributed by atoms with Gasteiger partial charge in [0.15, 0.2) is 0 Å². The van der Waals surface area contributed by atoms with Crippen molar-refractivity contribution in [2.24, 2.45) is 10.3 Å². The Labute approximate surface area is 56.9 Å². The minimum absolute atomic E-state index is 0.0508. The molecule has 0 saturated carbocycles. The second-order valence-electron chi connectivity index (χ2n) is 1.51. The standard InChI is InChI=1S/C4H7N3O3/c8-2-4(5-3-9)1-6-7-10/h4,8H,1-2H2,(H,6,10). The van der Waals surface area contributed by atoms with Crippen LogP contribution in [0.15, 0.2) is 10.3 Å². The molecule has 0 rings (SSSR count). The summed E-state index contributed by atoms with van der Waals surface area (Å²) in [6.07, 6.45) is 1.26. The third-order valence-electron chi connectivity index (χ3n) is 0.837. The predicted octanol–water partition coefficient (Wildman–Crippen LogP) is -1.05. The van der Waals surface area contributed by atoms with Gasteiger partial charge in [0.2, 0.25) is 6.08 Å². The van der Waals surface area contributed by atoms with Gasteiger partial charge in [-0.2, -0.15) is 4.99 Å².